The highest BCUT2D eigenvalue weighted by atomic mass is 35.5. The fourth-order valence-electron chi connectivity index (χ4n) is 2.93. The van der Waals surface area contributed by atoms with Crippen LogP contribution >= 0.6 is 22.9 Å². The van der Waals surface area contributed by atoms with E-state index in [1.807, 2.05) is 6.07 Å². The van der Waals surface area contributed by atoms with E-state index in [1.54, 1.807) is 43.3 Å². The van der Waals surface area contributed by atoms with Crippen molar-refractivity contribution < 1.29 is 17.6 Å². The average molecular weight is 476 g/mol. The summed E-state index contributed by atoms with van der Waals surface area (Å²) in [5, 5.41) is 2.88. The number of carbonyl (C=O) groups is 1. The van der Waals surface area contributed by atoms with Crippen LogP contribution < -0.4 is 10.0 Å². The predicted octanol–water partition coefficient (Wildman–Crippen LogP) is 5.45. The summed E-state index contributed by atoms with van der Waals surface area (Å²) in [5.41, 5.74) is 2.20. The Morgan fingerprint density at radius 2 is 1.84 bits per heavy atom. The van der Waals surface area contributed by atoms with Gasteiger partial charge in [0.05, 0.1) is 25.8 Å². The third-order valence-electron chi connectivity index (χ3n) is 4.40. The Bertz CT molecular complexity index is 1410. The van der Waals surface area contributed by atoms with E-state index in [9.17, 15) is 17.6 Å². The highest BCUT2D eigenvalue weighted by Gasteiger charge is 2.18. The SMILES string of the molecule is Cc1cc(NS(=O)(=O)c2ccc(F)c(Cl)c2)cc2sc(NC(=O)c3ccccc3)nc12. The molecule has 4 aromatic rings. The first-order valence-electron chi connectivity index (χ1n) is 8.98. The van der Waals surface area contributed by atoms with E-state index >= 15 is 0 Å². The highest BCUT2D eigenvalue weighted by Crippen LogP contribution is 2.32. The molecule has 10 heteroatoms. The second-order valence-corrected chi connectivity index (χ2v) is 9.78. The average Bonchev–Trinajstić information content (AvgIpc) is 3.13. The zero-order valence-electron chi connectivity index (χ0n) is 16.0. The van der Waals surface area contributed by atoms with Gasteiger partial charge in [0.1, 0.15) is 5.82 Å². The molecule has 0 fully saturated rings. The molecule has 0 unspecified atom stereocenters. The Balaban J connectivity index is 1.61. The van der Waals surface area contributed by atoms with Crippen LogP contribution in [-0.4, -0.2) is 19.3 Å². The zero-order valence-corrected chi connectivity index (χ0v) is 18.4. The van der Waals surface area contributed by atoms with Gasteiger partial charge < -0.3 is 0 Å². The van der Waals surface area contributed by atoms with Gasteiger partial charge >= 0.3 is 0 Å². The molecule has 2 N–H and O–H groups in total. The van der Waals surface area contributed by atoms with Crippen molar-refractivity contribution in [1.29, 1.82) is 0 Å². The lowest BCUT2D eigenvalue weighted by atomic mass is 10.2. The van der Waals surface area contributed by atoms with Gasteiger partial charge in [-0.2, -0.15) is 0 Å². The number of nitrogens with zero attached hydrogens (tertiary/aromatic N) is 1. The Morgan fingerprint density at radius 1 is 1.10 bits per heavy atom. The lowest BCUT2D eigenvalue weighted by Gasteiger charge is -2.09. The number of fused-ring (bicyclic) bond motifs is 1. The van der Waals surface area contributed by atoms with Gasteiger partial charge in [0.25, 0.3) is 15.9 Å². The van der Waals surface area contributed by atoms with Gasteiger partial charge in [-0.05, 0) is 55.0 Å². The summed E-state index contributed by atoms with van der Waals surface area (Å²) in [4.78, 5) is 16.7. The van der Waals surface area contributed by atoms with Gasteiger partial charge in [0.15, 0.2) is 5.13 Å². The van der Waals surface area contributed by atoms with Gasteiger partial charge in [-0.1, -0.05) is 41.1 Å². The van der Waals surface area contributed by atoms with E-state index in [1.165, 1.54) is 11.3 Å². The Labute approximate surface area is 186 Å². The number of halogens is 2. The minimum atomic E-state index is -3.97. The van der Waals surface area contributed by atoms with Crippen molar-refractivity contribution in [2.24, 2.45) is 0 Å². The largest absolute Gasteiger partial charge is 0.298 e. The van der Waals surface area contributed by atoms with Crippen LogP contribution in [0.5, 0.6) is 0 Å². The van der Waals surface area contributed by atoms with E-state index in [0.29, 0.717) is 26.6 Å². The highest BCUT2D eigenvalue weighted by molar-refractivity contribution is 7.92. The first-order valence-corrected chi connectivity index (χ1v) is 11.7. The van der Waals surface area contributed by atoms with Crippen molar-refractivity contribution in [3.05, 3.63) is 82.6 Å². The van der Waals surface area contributed by atoms with Crippen LogP contribution in [0.4, 0.5) is 15.2 Å². The number of carbonyl (C=O) groups excluding carboxylic acids is 1. The number of aromatic nitrogens is 1. The third-order valence-corrected chi connectivity index (χ3v) is 6.98. The second kappa shape index (κ2) is 8.26. The Hall–Kier alpha value is -3.01. The summed E-state index contributed by atoms with van der Waals surface area (Å²) in [7, 11) is -3.97. The molecule has 0 aliphatic heterocycles. The maximum atomic E-state index is 13.4. The van der Waals surface area contributed by atoms with Crippen LogP contribution in [0.1, 0.15) is 15.9 Å². The molecular weight excluding hydrogens is 461 g/mol. The lowest BCUT2D eigenvalue weighted by molar-refractivity contribution is 0.102. The fourth-order valence-corrected chi connectivity index (χ4v) is 5.22. The number of aryl methyl sites for hydroxylation is 1. The number of hydrogen-bond donors (Lipinski definition) is 2. The minimum Gasteiger partial charge on any atom is -0.298 e. The van der Waals surface area contributed by atoms with Gasteiger partial charge in [-0.3, -0.25) is 14.8 Å². The van der Waals surface area contributed by atoms with E-state index in [2.05, 4.69) is 15.0 Å². The smallest absolute Gasteiger partial charge is 0.261 e. The quantitative estimate of drug-likeness (QED) is 0.401. The summed E-state index contributed by atoms with van der Waals surface area (Å²) in [6, 6.07) is 15.2. The lowest BCUT2D eigenvalue weighted by Crippen LogP contribution is -2.13. The maximum absolute atomic E-state index is 13.4. The van der Waals surface area contributed by atoms with Crippen molar-refractivity contribution >= 4 is 59.9 Å². The molecule has 1 heterocycles. The van der Waals surface area contributed by atoms with Gasteiger partial charge in [-0.15, -0.1) is 0 Å². The molecule has 0 aliphatic rings. The van der Waals surface area contributed by atoms with Gasteiger partial charge in [0.2, 0.25) is 0 Å². The number of sulfonamides is 1. The van der Waals surface area contributed by atoms with Gasteiger partial charge in [-0.25, -0.2) is 17.8 Å². The van der Waals surface area contributed by atoms with Crippen LogP contribution in [-0.2, 0) is 10.0 Å². The third kappa shape index (κ3) is 4.53. The summed E-state index contributed by atoms with van der Waals surface area (Å²) < 4.78 is 41.8. The molecule has 31 heavy (non-hydrogen) atoms. The fraction of sp³-hybridized carbons (Fsp3) is 0.0476. The maximum Gasteiger partial charge on any atom is 0.261 e. The van der Waals surface area contributed by atoms with Crippen molar-refractivity contribution in [2.45, 2.75) is 11.8 Å². The number of benzene rings is 3. The van der Waals surface area contributed by atoms with Crippen molar-refractivity contribution in [3.8, 4) is 0 Å². The molecule has 0 saturated carbocycles. The van der Waals surface area contributed by atoms with E-state index < -0.39 is 15.8 Å². The molecule has 6 nitrogen and oxygen atoms in total. The van der Waals surface area contributed by atoms with Crippen molar-refractivity contribution in [1.82, 2.24) is 4.98 Å². The normalized spacial score (nSPS) is 11.5. The molecule has 4 rings (SSSR count). The molecular formula is C21H15ClFN3O3S2. The number of anilines is 2. The first kappa shape index (κ1) is 21.2. The van der Waals surface area contributed by atoms with E-state index in [-0.39, 0.29) is 15.8 Å². The number of hydrogen-bond acceptors (Lipinski definition) is 5. The van der Waals surface area contributed by atoms with Crippen LogP contribution in [0.2, 0.25) is 5.02 Å². The molecule has 0 aliphatic carbocycles. The number of nitrogens with one attached hydrogen (secondary N) is 2. The van der Waals surface area contributed by atoms with Crippen molar-refractivity contribution in [2.75, 3.05) is 10.0 Å². The first-order chi connectivity index (χ1) is 14.7. The van der Waals surface area contributed by atoms with Crippen LogP contribution in [0.25, 0.3) is 10.2 Å². The molecule has 0 radical (unpaired) electrons. The van der Waals surface area contributed by atoms with Crippen LogP contribution in [0, 0.1) is 12.7 Å². The Kier molecular flexibility index (Phi) is 5.65. The van der Waals surface area contributed by atoms with Crippen molar-refractivity contribution in [3.63, 3.8) is 0 Å². The Morgan fingerprint density at radius 3 is 2.55 bits per heavy atom. The van der Waals surface area contributed by atoms with Crippen LogP contribution in [0.3, 0.4) is 0 Å². The van der Waals surface area contributed by atoms with E-state index in [0.717, 1.165) is 23.8 Å². The second-order valence-electron chi connectivity index (χ2n) is 6.66. The summed E-state index contributed by atoms with van der Waals surface area (Å²) >= 11 is 6.93. The summed E-state index contributed by atoms with van der Waals surface area (Å²) in [6.45, 7) is 1.79. The number of amides is 1. The number of thiazole rings is 1. The van der Waals surface area contributed by atoms with Crippen LogP contribution in [0.15, 0.2) is 65.6 Å². The molecule has 158 valence electrons. The molecule has 3 aromatic carbocycles. The molecule has 1 amide bonds. The minimum absolute atomic E-state index is 0.156. The number of rotatable bonds is 5. The molecule has 0 spiro atoms. The predicted molar refractivity (Wildman–Crippen MR) is 121 cm³/mol. The summed E-state index contributed by atoms with van der Waals surface area (Å²) in [6.07, 6.45) is 0. The monoisotopic (exact) mass is 475 g/mol. The van der Waals surface area contributed by atoms with Gasteiger partial charge in [0, 0.05) is 5.56 Å². The molecule has 1 aromatic heterocycles. The topological polar surface area (TPSA) is 88.2 Å². The zero-order chi connectivity index (χ0) is 22.2. The molecule has 0 bridgehead atoms. The van der Waals surface area contributed by atoms with E-state index in [4.69, 9.17) is 11.6 Å². The molecule has 0 atom stereocenters. The standard InChI is InChI=1S/C21H15ClFN3O3S2/c1-12-9-14(26-31(28,29)15-7-8-17(23)16(22)11-15)10-18-19(12)24-21(30-18)25-20(27)13-5-3-2-4-6-13/h2-11,26H,1H3,(H,24,25,27). The summed E-state index contributed by atoms with van der Waals surface area (Å²) in [5.74, 6) is -0.987. The molecule has 0 saturated heterocycles.